The molecule has 2 heterocycles. The minimum atomic E-state index is -0.995. The van der Waals surface area contributed by atoms with Gasteiger partial charge in [-0.15, -0.1) is 0 Å². The molecule has 0 atom stereocenters. The topological polar surface area (TPSA) is 82.3 Å². The van der Waals surface area contributed by atoms with Gasteiger partial charge in [0.1, 0.15) is 5.69 Å². The van der Waals surface area contributed by atoms with Crippen LogP contribution in [0, 0.1) is 0 Å². The SMILES string of the molecule is NC(=O)C(=O)c1cc2ccc(C3=CCOCC3)cc2cn1. The maximum Gasteiger partial charge on any atom is 0.291 e. The van der Waals surface area contributed by atoms with Gasteiger partial charge in [-0.25, -0.2) is 0 Å². The molecule has 0 saturated heterocycles. The number of carbonyl (C=O) groups is 2. The molecule has 106 valence electrons. The van der Waals surface area contributed by atoms with Gasteiger partial charge in [0, 0.05) is 11.6 Å². The average molecular weight is 282 g/mol. The standard InChI is InChI=1S/C16H14N2O3/c17-16(20)15(19)14-8-12-2-1-11(7-13(12)9-18-14)10-3-5-21-6-4-10/h1-3,7-9H,4-6H2,(H2,17,20). The average Bonchev–Trinajstić information content (AvgIpc) is 2.54. The van der Waals surface area contributed by atoms with Crippen molar-refractivity contribution in [1.82, 2.24) is 4.98 Å². The van der Waals surface area contributed by atoms with Crippen LogP contribution >= 0.6 is 0 Å². The summed E-state index contributed by atoms with van der Waals surface area (Å²) in [4.78, 5) is 26.5. The van der Waals surface area contributed by atoms with E-state index in [0.29, 0.717) is 6.61 Å². The van der Waals surface area contributed by atoms with E-state index in [-0.39, 0.29) is 5.69 Å². The lowest BCUT2D eigenvalue weighted by molar-refractivity contribution is -0.114. The predicted octanol–water partition coefficient (Wildman–Crippen LogP) is 1.71. The summed E-state index contributed by atoms with van der Waals surface area (Å²) >= 11 is 0. The Kier molecular flexibility index (Phi) is 3.50. The Morgan fingerprint density at radius 1 is 1.19 bits per heavy atom. The van der Waals surface area contributed by atoms with Crippen LogP contribution in [0.25, 0.3) is 16.3 Å². The molecule has 21 heavy (non-hydrogen) atoms. The number of hydrogen-bond donors (Lipinski definition) is 1. The van der Waals surface area contributed by atoms with Gasteiger partial charge in [-0.05, 0) is 35.1 Å². The third-order valence-corrected chi connectivity index (χ3v) is 3.51. The highest BCUT2D eigenvalue weighted by molar-refractivity contribution is 6.42. The van der Waals surface area contributed by atoms with E-state index in [1.54, 1.807) is 12.3 Å². The summed E-state index contributed by atoms with van der Waals surface area (Å²) in [6.07, 6.45) is 4.55. The summed E-state index contributed by atoms with van der Waals surface area (Å²) in [5.74, 6) is -1.76. The summed E-state index contributed by atoms with van der Waals surface area (Å²) in [5, 5.41) is 1.77. The summed E-state index contributed by atoms with van der Waals surface area (Å²) < 4.78 is 5.30. The van der Waals surface area contributed by atoms with Gasteiger partial charge in [-0.2, -0.15) is 0 Å². The molecule has 1 aliphatic rings. The zero-order valence-electron chi connectivity index (χ0n) is 11.3. The van der Waals surface area contributed by atoms with Gasteiger partial charge in [0.15, 0.2) is 0 Å². The van der Waals surface area contributed by atoms with E-state index >= 15 is 0 Å². The van der Waals surface area contributed by atoms with Crippen LogP contribution < -0.4 is 5.73 Å². The van der Waals surface area contributed by atoms with Crippen LogP contribution in [0.15, 0.2) is 36.5 Å². The van der Waals surface area contributed by atoms with Crippen molar-refractivity contribution < 1.29 is 14.3 Å². The third kappa shape index (κ3) is 2.68. The molecule has 0 bridgehead atoms. The van der Waals surface area contributed by atoms with Crippen molar-refractivity contribution in [2.45, 2.75) is 6.42 Å². The molecule has 1 aromatic heterocycles. The first-order valence-electron chi connectivity index (χ1n) is 6.66. The Balaban J connectivity index is 2.00. The van der Waals surface area contributed by atoms with Crippen LogP contribution in [0.5, 0.6) is 0 Å². The molecule has 0 fully saturated rings. The number of amides is 1. The Bertz CT molecular complexity index is 765. The maximum atomic E-state index is 11.5. The largest absolute Gasteiger partial charge is 0.377 e. The zero-order chi connectivity index (χ0) is 14.8. The highest BCUT2D eigenvalue weighted by Crippen LogP contribution is 2.25. The summed E-state index contributed by atoms with van der Waals surface area (Å²) in [6.45, 7) is 1.37. The molecule has 1 aliphatic heterocycles. The highest BCUT2D eigenvalue weighted by atomic mass is 16.5. The van der Waals surface area contributed by atoms with Crippen molar-refractivity contribution in [3.05, 3.63) is 47.8 Å². The molecule has 1 aromatic carbocycles. The number of pyridine rings is 1. The quantitative estimate of drug-likeness (QED) is 0.686. The van der Waals surface area contributed by atoms with E-state index in [0.717, 1.165) is 29.4 Å². The fourth-order valence-corrected chi connectivity index (χ4v) is 2.38. The molecule has 3 rings (SSSR count). The minimum absolute atomic E-state index is 0.0769. The van der Waals surface area contributed by atoms with Crippen molar-refractivity contribution in [2.24, 2.45) is 5.73 Å². The van der Waals surface area contributed by atoms with Crippen molar-refractivity contribution in [1.29, 1.82) is 0 Å². The van der Waals surface area contributed by atoms with E-state index in [1.807, 2.05) is 18.2 Å². The predicted molar refractivity (Wildman–Crippen MR) is 78.7 cm³/mol. The number of primary amides is 1. The first kappa shape index (κ1) is 13.5. The van der Waals surface area contributed by atoms with Crippen LogP contribution in [0.2, 0.25) is 0 Å². The number of ketones is 1. The smallest absolute Gasteiger partial charge is 0.291 e. The van der Waals surface area contributed by atoms with Crippen LogP contribution in [0.3, 0.4) is 0 Å². The van der Waals surface area contributed by atoms with Gasteiger partial charge in [0.25, 0.3) is 11.7 Å². The van der Waals surface area contributed by atoms with E-state index in [9.17, 15) is 9.59 Å². The second-order valence-electron chi connectivity index (χ2n) is 4.88. The molecule has 0 saturated carbocycles. The van der Waals surface area contributed by atoms with Gasteiger partial charge in [-0.3, -0.25) is 14.6 Å². The molecule has 1 amide bonds. The molecule has 0 aliphatic carbocycles. The fraction of sp³-hybridized carbons (Fsp3) is 0.188. The molecule has 2 N–H and O–H groups in total. The van der Waals surface area contributed by atoms with E-state index < -0.39 is 11.7 Å². The van der Waals surface area contributed by atoms with Gasteiger partial charge in [0.2, 0.25) is 0 Å². The number of ether oxygens (including phenoxy) is 1. The van der Waals surface area contributed by atoms with Crippen molar-refractivity contribution in [3.63, 3.8) is 0 Å². The second-order valence-corrected chi connectivity index (χ2v) is 4.88. The Hall–Kier alpha value is -2.53. The number of nitrogens with zero attached hydrogens (tertiary/aromatic N) is 1. The summed E-state index contributed by atoms with van der Waals surface area (Å²) in [5.41, 5.74) is 7.44. The monoisotopic (exact) mass is 282 g/mol. The molecule has 0 spiro atoms. The number of hydrogen-bond acceptors (Lipinski definition) is 4. The van der Waals surface area contributed by atoms with Crippen molar-refractivity contribution in [3.8, 4) is 0 Å². The fourth-order valence-electron chi connectivity index (χ4n) is 2.38. The number of carbonyl (C=O) groups excluding carboxylic acids is 2. The number of nitrogens with two attached hydrogens (primary N) is 1. The molecule has 5 heteroatoms. The molecule has 5 nitrogen and oxygen atoms in total. The Morgan fingerprint density at radius 2 is 2.05 bits per heavy atom. The van der Waals surface area contributed by atoms with Crippen LogP contribution in [0.1, 0.15) is 22.5 Å². The first-order valence-corrected chi connectivity index (χ1v) is 6.66. The summed E-state index contributed by atoms with van der Waals surface area (Å²) in [7, 11) is 0. The van der Waals surface area contributed by atoms with Gasteiger partial charge < -0.3 is 10.5 Å². The number of benzene rings is 1. The minimum Gasteiger partial charge on any atom is -0.377 e. The molecule has 0 radical (unpaired) electrons. The van der Waals surface area contributed by atoms with Crippen LogP contribution in [-0.2, 0) is 9.53 Å². The van der Waals surface area contributed by atoms with Crippen molar-refractivity contribution in [2.75, 3.05) is 13.2 Å². The maximum absolute atomic E-state index is 11.5. The first-order chi connectivity index (χ1) is 10.1. The molecule has 2 aromatic rings. The number of Topliss-reactive ketones (excluding diaryl/α,β-unsaturated/α-hetero) is 1. The lowest BCUT2D eigenvalue weighted by Gasteiger charge is -2.14. The number of aromatic nitrogens is 1. The van der Waals surface area contributed by atoms with E-state index in [1.165, 1.54) is 5.57 Å². The molecular weight excluding hydrogens is 268 g/mol. The zero-order valence-corrected chi connectivity index (χ0v) is 11.3. The lowest BCUT2D eigenvalue weighted by Crippen LogP contribution is -2.23. The van der Waals surface area contributed by atoms with Crippen LogP contribution in [-0.4, -0.2) is 29.9 Å². The van der Waals surface area contributed by atoms with Gasteiger partial charge in [0.05, 0.1) is 13.2 Å². The van der Waals surface area contributed by atoms with E-state index in [2.05, 4.69) is 11.1 Å². The van der Waals surface area contributed by atoms with Gasteiger partial charge in [-0.1, -0.05) is 18.2 Å². The van der Waals surface area contributed by atoms with Crippen molar-refractivity contribution >= 4 is 28.0 Å². The normalized spacial score (nSPS) is 14.8. The number of fused-ring (bicyclic) bond motifs is 1. The summed E-state index contributed by atoms with van der Waals surface area (Å²) in [6, 6.07) is 7.53. The number of rotatable bonds is 3. The molecular formula is C16H14N2O3. The van der Waals surface area contributed by atoms with Gasteiger partial charge >= 0.3 is 0 Å². The Morgan fingerprint density at radius 3 is 2.76 bits per heavy atom. The lowest BCUT2D eigenvalue weighted by atomic mass is 9.98. The van der Waals surface area contributed by atoms with E-state index in [4.69, 9.17) is 10.5 Å². The molecule has 0 unspecified atom stereocenters. The Labute approximate surface area is 121 Å². The third-order valence-electron chi connectivity index (χ3n) is 3.51. The van der Waals surface area contributed by atoms with Crippen LogP contribution in [0.4, 0.5) is 0 Å². The second kappa shape index (κ2) is 5.46. The highest BCUT2D eigenvalue weighted by Gasteiger charge is 2.14.